The van der Waals surface area contributed by atoms with E-state index in [2.05, 4.69) is 20.6 Å². The molecular formula is C16H16N4O5. The summed E-state index contributed by atoms with van der Waals surface area (Å²) < 4.78 is 10.5. The van der Waals surface area contributed by atoms with E-state index in [-0.39, 0.29) is 19.0 Å². The highest BCUT2D eigenvalue weighted by Crippen LogP contribution is 2.32. The minimum atomic E-state index is -1.09. The molecule has 0 saturated heterocycles. The van der Waals surface area contributed by atoms with Crippen molar-refractivity contribution in [3.8, 4) is 11.5 Å². The molecule has 1 unspecified atom stereocenters. The van der Waals surface area contributed by atoms with Crippen LogP contribution in [-0.4, -0.2) is 46.3 Å². The molecule has 0 bridgehead atoms. The summed E-state index contributed by atoms with van der Waals surface area (Å²) >= 11 is 0. The van der Waals surface area contributed by atoms with Gasteiger partial charge >= 0.3 is 0 Å². The number of rotatable bonds is 6. The minimum absolute atomic E-state index is 0.0597. The van der Waals surface area contributed by atoms with E-state index in [9.17, 15) is 14.7 Å². The van der Waals surface area contributed by atoms with Gasteiger partial charge < -0.3 is 25.2 Å². The molecule has 0 saturated carbocycles. The van der Waals surface area contributed by atoms with Gasteiger partial charge in [0.1, 0.15) is 11.7 Å². The average molecular weight is 344 g/mol. The van der Waals surface area contributed by atoms with Crippen molar-refractivity contribution >= 4 is 11.8 Å². The van der Waals surface area contributed by atoms with E-state index in [4.69, 9.17) is 9.47 Å². The third-order valence-corrected chi connectivity index (χ3v) is 3.50. The Labute approximate surface area is 143 Å². The number of nitrogens with one attached hydrogen (secondary N) is 2. The van der Waals surface area contributed by atoms with Gasteiger partial charge in [0.05, 0.1) is 12.8 Å². The second-order valence-electron chi connectivity index (χ2n) is 5.20. The molecule has 2 amide bonds. The number of nitrogens with zero attached hydrogens (tertiary/aromatic N) is 2. The van der Waals surface area contributed by atoms with Crippen LogP contribution in [0.3, 0.4) is 0 Å². The fourth-order valence-electron chi connectivity index (χ4n) is 2.21. The first-order chi connectivity index (χ1) is 12.2. The molecule has 1 aliphatic heterocycles. The monoisotopic (exact) mass is 344 g/mol. The van der Waals surface area contributed by atoms with Crippen molar-refractivity contribution in [3.63, 3.8) is 0 Å². The lowest BCUT2D eigenvalue weighted by molar-refractivity contribution is -0.124. The van der Waals surface area contributed by atoms with Crippen LogP contribution in [0.1, 0.15) is 16.1 Å². The van der Waals surface area contributed by atoms with Crippen molar-refractivity contribution in [1.82, 2.24) is 20.6 Å². The van der Waals surface area contributed by atoms with Crippen LogP contribution in [0.25, 0.3) is 0 Å². The smallest absolute Gasteiger partial charge is 0.272 e. The Kier molecular flexibility index (Phi) is 5.05. The lowest BCUT2D eigenvalue weighted by Gasteiger charge is -2.16. The van der Waals surface area contributed by atoms with E-state index in [1.54, 1.807) is 18.2 Å². The summed E-state index contributed by atoms with van der Waals surface area (Å²) in [5.41, 5.74) is 0.860. The Hall–Kier alpha value is -3.20. The number of hydrogen-bond donors (Lipinski definition) is 3. The van der Waals surface area contributed by atoms with Gasteiger partial charge in [-0.2, -0.15) is 0 Å². The average Bonchev–Trinajstić information content (AvgIpc) is 3.12. The molecule has 9 heteroatoms. The van der Waals surface area contributed by atoms with E-state index >= 15 is 0 Å². The summed E-state index contributed by atoms with van der Waals surface area (Å²) in [4.78, 5) is 31.8. The third-order valence-electron chi connectivity index (χ3n) is 3.50. The van der Waals surface area contributed by atoms with Gasteiger partial charge in [0, 0.05) is 18.9 Å². The quantitative estimate of drug-likeness (QED) is 0.652. The lowest BCUT2D eigenvalue weighted by atomic mass is 10.2. The van der Waals surface area contributed by atoms with Crippen LogP contribution in [0, 0.1) is 0 Å². The molecular weight excluding hydrogens is 328 g/mol. The summed E-state index contributed by atoms with van der Waals surface area (Å²) in [5, 5.41) is 14.4. The Morgan fingerprint density at radius 2 is 2.08 bits per heavy atom. The number of aromatic nitrogens is 2. The lowest BCUT2D eigenvalue weighted by Crippen LogP contribution is -2.48. The van der Waals surface area contributed by atoms with E-state index in [0.717, 1.165) is 5.56 Å². The van der Waals surface area contributed by atoms with Crippen LogP contribution >= 0.6 is 0 Å². The summed E-state index contributed by atoms with van der Waals surface area (Å²) in [6.45, 7) is -0.155. The first-order valence-corrected chi connectivity index (χ1v) is 7.51. The predicted octanol–water partition coefficient (Wildman–Crippen LogP) is -0.388. The van der Waals surface area contributed by atoms with Gasteiger partial charge in [-0.25, -0.2) is 4.98 Å². The zero-order valence-corrected chi connectivity index (χ0v) is 13.1. The Bertz CT molecular complexity index is 768. The Morgan fingerprint density at radius 3 is 2.84 bits per heavy atom. The van der Waals surface area contributed by atoms with Crippen LogP contribution in [0.15, 0.2) is 36.8 Å². The van der Waals surface area contributed by atoms with Gasteiger partial charge in [-0.05, 0) is 17.7 Å². The molecule has 1 aromatic carbocycles. The highest BCUT2D eigenvalue weighted by Gasteiger charge is 2.21. The topological polar surface area (TPSA) is 123 Å². The van der Waals surface area contributed by atoms with Crippen LogP contribution in [0.5, 0.6) is 11.5 Å². The van der Waals surface area contributed by atoms with Gasteiger partial charge in [-0.1, -0.05) is 6.07 Å². The number of aliphatic hydroxyl groups excluding tert-OH is 1. The first kappa shape index (κ1) is 16.7. The molecule has 9 nitrogen and oxygen atoms in total. The first-order valence-electron chi connectivity index (χ1n) is 7.51. The Morgan fingerprint density at radius 1 is 1.24 bits per heavy atom. The maximum atomic E-state index is 12.2. The molecule has 2 aromatic rings. The molecule has 0 spiro atoms. The van der Waals surface area contributed by atoms with Gasteiger partial charge in [0.25, 0.3) is 5.91 Å². The summed E-state index contributed by atoms with van der Waals surface area (Å²) in [5.74, 6) is 0.156. The molecule has 0 fully saturated rings. The van der Waals surface area contributed by atoms with Crippen molar-refractivity contribution in [2.45, 2.75) is 12.6 Å². The maximum absolute atomic E-state index is 12.2. The zero-order chi connectivity index (χ0) is 17.6. The van der Waals surface area contributed by atoms with Gasteiger partial charge in [0.2, 0.25) is 12.7 Å². The van der Waals surface area contributed by atoms with Crippen LogP contribution in [0.2, 0.25) is 0 Å². The summed E-state index contributed by atoms with van der Waals surface area (Å²) in [6.07, 6.45) is 4.06. The number of ether oxygens (including phenoxy) is 2. The molecule has 130 valence electrons. The van der Waals surface area contributed by atoms with Crippen LogP contribution in [0.4, 0.5) is 0 Å². The van der Waals surface area contributed by atoms with Gasteiger partial charge in [0.15, 0.2) is 11.5 Å². The fourth-order valence-corrected chi connectivity index (χ4v) is 2.21. The number of carbonyl (C=O) groups excluding carboxylic acids is 2. The van der Waals surface area contributed by atoms with Gasteiger partial charge in [-0.3, -0.25) is 14.6 Å². The van der Waals surface area contributed by atoms with Crippen molar-refractivity contribution < 1.29 is 24.2 Å². The van der Waals surface area contributed by atoms with Crippen molar-refractivity contribution in [2.75, 3.05) is 13.4 Å². The third kappa shape index (κ3) is 4.01. The highest BCUT2D eigenvalue weighted by molar-refractivity contribution is 5.95. The number of aliphatic hydroxyl groups is 1. The molecule has 1 atom stereocenters. The van der Waals surface area contributed by atoms with E-state index < -0.39 is 24.5 Å². The maximum Gasteiger partial charge on any atom is 0.272 e. The van der Waals surface area contributed by atoms with E-state index in [1.807, 2.05) is 0 Å². The van der Waals surface area contributed by atoms with Crippen molar-refractivity contribution in [2.24, 2.45) is 0 Å². The number of fused-ring (bicyclic) bond motifs is 1. The SMILES string of the molecule is O=C(NC(CO)C(=O)NCc1ccc2c(c1)OCO2)c1cnccn1. The molecule has 25 heavy (non-hydrogen) atoms. The normalized spacial score (nSPS) is 13.2. The second-order valence-corrected chi connectivity index (χ2v) is 5.20. The number of benzene rings is 1. The zero-order valence-electron chi connectivity index (χ0n) is 13.1. The highest BCUT2D eigenvalue weighted by atomic mass is 16.7. The van der Waals surface area contributed by atoms with E-state index in [0.29, 0.717) is 11.5 Å². The molecule has 0 aliphatic carbocycles. The second kappa shape index (κ2) is 7.58. The molecule has 3 rings (SSSR count). The number of hydrogen-bond acceptors (Lipinski definition) is 7. The summed E-state index contributed by atoms with van der Waals surface area (Å²) in [7, 11) is 0. The predicted molar refractivity (Wildman–Crippen MR) is 84.8 cm³/mol. The van der Waals surface area contributed by atoms with E-state index in [1.165, 1.54) is 18.6 Å². The Balaban J connectivity index is 1.56. The molecule has 1 aliphatic rings. The molecule has 1 aromatic heterocycles. The molecule has 0 radical (unpaired) electrons. The number of amides is 2. The van der Waals surface area contributed by atoms with Gasteiger partial charge in [-0.15, -0.1) is 0 Å². The van der Waals surface area contributed by atoms with Crippen LogP contribution in [-0.2, 0) is 11.3 Å². The van der Waals surface area contributed by atoms with Crippen molar-refractivity contribution in [3.05, 3.63) is 48.0 Å². The number of carbonyl (C=O) groups is 2. The largest absolute Gasteiger partial charge is 0.454 e. The van der Waals surface area contributed by atoms with Crippen molar-refractivity contribution in [1.29, 1.82) is 0 Å². The fraction of sp³-hybridized carbons (Fsp3) is 0.250. The molecule has 2 heterocycles. The molecule has 3 N–H and O–H groups in total. The standard InChI is InChI=1S/C16H16N4O5/c21-8-12(20-16(23)11-7-17-3-4-18-11)15(22)19-6-10-1-2-13-14(5-10)25-9-24-13/h1-5,7,12,21H,6,8-9H2,(H,19,22)(H,20,23). The van der Waals surface area contributed by atoms with Crippen LogP contribution < -0.4 is 20.1 Å². The minimum Gasteiger partial charge on any atom is -0.454 e. The summed E-state index contributed by atoms with van der Waals surface area (Å²) in [6, 6.07) is 4.21.